The predicted octanol–water partition coefficient (Wildman–Crippen LogP) is 4.50. The number of aromatic hydroxyl groups is 2. The van der Waals surface area contributed by atoms with Gasteiger partial charge in [-0.1, -0.05) is 30.3 Å². The maximum absolute atomic E-state index is 13.5. The Morgan fingerprint density at radius 3 is 1.97 bits per heavy atom. The Hall–Kier alpha value is -4.52. The zero-order chi connectivity index (χ0) is 24.4. The van der Waals surface area contributed by atoms with E-state index in [0.29, 0.717) is 33.8 Å². The zero-order valence-corrected chi connectivity index (χ0v) is 19.0. The Morgan fingerprint density at radius 1 is 0.824 bits per heavy atom. The SMILES string of the molecule is COc1ccc(C(=O)c2c(O)c(O)n(-c3ccc(C(=O)N(C)C)cc3)c2-c2ccccc2)cc1. The molecular weight excluding hydrogens is 432 g/mol. The van der Waals surface area contributed by atoms with Crippen molar-refractivity contribution in [3.63, 3.8) is 0 Å². The molecule has 7 heteroatoms. The summed E-state index contributed by atoms with van der Waals surface area (Å²) in [4.78, 5) is 27.2. The molecule has 0 spiro atoms. The summed E-state index contributed by atoms with van der Waals surface area (Å²) in [6, 6.07) is 22.1. The third kappa shape index (κ3) is 3.99. The van der Waals surface area contributed by atoms with Crippen LogP contribution in [-0.2, 0) is 0 Å². The van der Waals surface area contributed by atoms with Crippen LogP contribution in [0.1, 0.15) is 26.3 Å². The van der Waals surface area contributed by atoms with Crippen LogP contribution in [-0.4, -0.2) is 52.6 Å². The molecule has 4 rings (SSSR count). The first kappa shape index (κ1) is 22.7. The van der Waals surface area contributed by atoms with E-state index in [1.807, 2.05) is 6.07 Å². The van der Waals surface area contributed by atoms with Crippen molar-refractivity contribution in [2.45, 2.75) is 0 Å². The minimum absolute atomic E-state index is 0.0256. The fourth-order valence-electron chi connectivity index (χ4n) is 3.78. The Bertz CT molecular complexity index is 1340. The lowest BCUT2D eigenvalue weighted by Gasteiger charge is -2.14. The number of ether oxygens (including phenoxy) is 1. The van der Waals surface area contributed by atoms with Crippen LogP contribution in [0.15, 0.2) is 78.9 Å². The van der Waals surface area contributed by atoms with Gasteiger partial charge in [-0.05, 0) is 54.1 Å². The molecule has 172 valence electrons. The van der Waals surface area contributed by atoms with Gasteiger partial charge in [-0.25, -0.2) is 0 Å². The molecule has 4 aromatic rings. The summed E-state index contributed by atoms with van der Waals surface area (Å²) in [6.07, 6.45) is 0. The molecule has 3 aromatic carbocycles. The van der Waals surface area contributed by atoms with Gasteiger partial charge < -0.3 is 19.8 Å². The number of amides is 1. The van der Waals surface area contributed by atoms with Gasteiger partial charge in [0.1, 0.15) is 5.75 Å². The van der Waals surface area contributed by atoms with Crippen LogP contribution in [0.25, 0.3) is 16.9 Å². The molecule has 2 N–H and O–H groups in total. The summed E-state index contributed by atoms with van der Waals surface area (Å²) in [5, 5.41) is 21.8. The number of hydrogen-bond donors (Lipinski definition) is 2. The summed E-state index contributed by atoms with van der Waals surface area (Å²) in [5.41, 5.74) is 2.22. The van der Waals surface area contributed by atoms with Crippen LogP contribution in [0.5, 0.6) is 17.4 Å². The fourth-order valence-corrected chi connectivity index (χ4v) is 3.78. The number of nitrogens with zero attached hydrogens (tertiary/aromatic N) is 2. The van der Waals surface area contributed by atoms with Crippen molar-refractivity contribution < 1.29 is 24.5 Å². The van der Waals surface area contributed by atoms with Crippen LogP contribution in [0, 0.1) is 0 Å². The molecule has 0 saturated heterocycles. The molecule has 1 aromatic heterocycles. The largest absolute Gasteiger partial charge is 0.503 e. The van der Waals surface area contributed by atoms with Gasteiger partial charge in [-0.3, -0.25) is 14.2 Å². The summed E-state index contributed by atoms with van der Waals surface area (Å²) >= 11 is 0. The van der Waals surface area contributed by atoms with Gasteiger partial charge in [0.25, 0.3) is 5.91 Å². The van der Waals surface area contributed by atoms with Gasteiger partial charge in [0.2, 0.25) is 5.88 Å². The number of benzene rings is 3. The average molecular weight is 456 g/mol. The van der Waals surface area contributed by atoms with Gasteiger partial charge in [0.05, 0.1) is 18.4 Å². The molecule has 7 nitrogen and oxygen atoms in total. The standard InChI is InChI=1S/C27H24N2O5/c1-28(2)26(32)19-9-13-20(14-10-19)29-23(17-7-5-4-6-8-17)22(25(31)27(29)33)24(30)18-11-15-21(34-3)16-12-18/h4-16,31,33H,1-3H3. The van der Waals surface area contributed by atoms with E-state index in [4.69, 9.17) is 4.74 Å². The Kier molecular flexibility index (Phi) is 6.10. The van der Waals surface area contributed by atoms with E-state index < -0.39 is 17.4 Å². The number of rotatable bonds is 6. The average Bonchev–Trinajstić information content (AvgIpc) is 3.14. The van der Waals surface area contributed by atoms with Crippen LogP contribution in [0.4, 0.5) is 0 Å². The molecule has 0 aliphatic rings. The molecule has 0 aliphatic heterocycles. The number of hydrogen-bond acceptors (Lipinski definition) is 5. The van der Waals surface area contributed by atoms with Crippen LogP contribution < -0.4 is 4.74 Å². The van der Waals surface area contributed by atoms with Crippen LogP contribution >= 0.6 is 0 Å². The van der Waals surface area contributed by atoms with Gasteiger partial charge in [-0.2, -0.15) is 0 Å². The second-order valence-corrected chi connectivity index (χ2v) is 7.90. The minimum atomic E-state index is -0.520. The first-order chi connectivity index (χ1) is 16.3. The highest BCUT2D eigenvalue weighted by atomic mass is 16.5. The number of carbonyl (C=O) groups excluding carboxylic acids is 2. The highest BCUT2D eigenvalue weighted by Crippen LogP contribution is 2.44. The number of aromatic nitrogens is 1. The van der Waals surface area contributed by atoms with Crippen molar-refractivity contribution in [3.8, 4) is 34.3 Å². The first-order valence-corrected chi connectivity index (χ1v) is 10.6. The van der Waals surface area contributed by atoms with Crippen molar-refractivity contribution in [1.29, 1.82) is 0 Å². The molecular formula is C27H24N2O5. The zero-order valence-electron chi connectivity index (χ0n) is 19.0. The Morgan fingerprint density at radius 2 is 1.41 bits per heavy atom. The van der Waals surface area contributed by atoms with Crippen LogP contribution in [0.3, 0.4) is 0 Å². The Labute approximate surface area is 197 Å². The second kappa shape index (κ2) is 9.15. The van der Waals surface area contributed by atoms with Gasteiger partial charge in [0.15, 0.2) is 11.5 Å². The van der Waals surface area contributed by atoms with Crippen molar-refractivity contribution in [3.05, 3.63) is 95.6 Å². The van der Waals surface area contributed by atoms with Crippen molar-refractivity contribution in [2.24, 2.45) is 0 Å². The number of methoxy groups -OCH3 is 1. The van der Waals surface area contributed by atoms with Crippen LogP contribution in [0.2, 0.25) is 0 Å². The van der Waals surface area contributed by atoms with E-state index >= 15 is 0 Å². The van der Waals surface area contributed by atoms with Crippen molar-refractivity contribution >= 4 is 11.7 Å². The number of ketones is 1. The minimum Gasteiger partial charge on any atom is -0.503 e. The summed E-state index contributed by atoms with van der Waals surface area (Å²) in [6.45, 7) is 0. The van der Waals surface area contributed by atoms with E-state index in [1.54, 1.807) is 86.9 Å². The molecule has 0 bridgehead atoms. The van der Waals surface area contributed by atoms with Crippen molar-refractivity contribution in [2.75, 3.05) is 21.2 Å². The monoisotopic (exact) mass is 456 g/mol. The summed E-state index contributed by atoms with van der Waals surface area (Å²) < 4.78 is 6.57. The predicted molar refractivity (Wildman–Crippen MR) is 129 cm³/mol. The second-order valence-electron chi connectivity index (χ2n) is 7.90. The highest BCUT2D eigenvalue weighted by molar-refractivity contribution is 6.15. The fraction of sp³-hybridized carbons (Fsp3) is 0.111. The maximum Gasteiger partial charge on any atom is 0.253 e. The van der Waals surface area contributed by atoms with E-state index in [9.17, 15) is 19.8 Å². The van der Waals surface area contributed by atoms with Gasteiger partial charge >= 0.3 is 0 Å². The lowest BCUT2D eigenvalue weighted by molar-refractivity contribution is 0.0827. The molecule has 1 amide bonds. The third-order valence-electron chi connectivity index (χ3n) is 5.53. The molecule has 34 heavy (non-hydrogen) atoms. The summed E-state index contributed by atoms with van der Waals surface area (Å²) in [7, 11) is 4.86. The maximum atomic E-state index is 13.5. The molecule has 0 atom stereocenters. The van der Waals surface area contributed by atoms with Gasteiger partial charge in [0, 0.05) is 30.9 Å². The van der Waals surface area contributed by atoms with E-state index in [0.717, 1.165) is 0 Å². The third-order valence-corrected chi connectivity index (χ3v) is 5.53. The Balaban J connectivity index is 1.91. The molecule has 0 unspecified atom stereocenters. The molecule has 0 radical (unpaired) electrons. The summed E-state index contributed by atoms with van der Waals surface area (Å²) in [5.74, 6) is -1.01. The normalized spacial score (nSPS) is 10.7. The van der Waals surface area contributed by atoms with Crippen molar-refractivity contribution in [1.82, 2.24) is 9.47 Å². The number of carbonyl (C=O) groups is 2. The van der Waals surface area contributed by atoms with E-state index in [1.165, 1.54) is 16.6 Å². The smallest absolute Gasteiger partial charge is 0.253 e. The molecule has 0 aliphatic carbocycles. The molecule has 1 heterocycles. The quantitative estimate of drug-likeness (QED) is 0.417. The lowest BCUT2D eigenvalue weighted by atomic mass is 9.99. The highest BCUT2D eigenvalue weighted by Gasteiger charge is 2.30. The topological polar surface area (TPSA) is 92.0 Å². The first-order valence-electron chi connectivity index (χ1n) is 10.6. The molecule has 0 fully saturated rings. The lowest BCUT2D eigenvalue weighted by Crippen LogP contribution is -2.21. The van der Waals surface area contributed by atoms with E-state index in [-0.39, 0.29) is 11.5 Å². The van der Waals surface area contributed by atoms with Gasteiger partial charge in [-0.15, -0.1) is 0 Å². The molecule has 0 saturated carbocycles. The van der Waals surface area contributed by atoms with E-state index in [2.05, 4.69) is 0 Å².